The van der Waals surface area contributed by atoms with E-state index in [0.717, 1.165) is 0 Å². The summed E-state index contributed by atoms with van der Waals surface area (Å²) in [4.78, 5) is 22.0. The average Bonchev–Trinajstić information content (AvgIpc) is 2.34. The van der Waals surface area contributed by atoms with Gasteiger partial charge in [0, 0.05) is 34.8 Å². The zero-order chi connectivity index (χ0) is 13.7. The van der Waals surface area contributed by atoms with E-state index in [-0.39, 0.29) is 23.2 Å². The molecule has 0 aliphatic carbocycles. The predicted molar refractivity (Wildman–Crippen MR) is 71.4 cm³/mol. The Morgan fingerprint density at radius 1 is 1.56 bits per heavy atom. The van der Waals surface area contributed by atoms with Gasteiger partial charge in [-0.05, 0) is 12.5 Å². The summed E-state index contributed by atoms with van der Waals surface area (Å²) in [7, 11) is 0. The van der Waals surface area contributed by atoms with Gasteiger partial charge >= 0.3 is 0 Å². The summed E-state index contributed by atoms with van der Waals surface area (Å²) in [5, 5.41) is 13.4. The van der Waals surface area contributed by atoms with Crippen molar-refractivity contribution in [3.8, 4) is 0 Å². The van der Waals surface area contributed by atoms with E-state index in [0.29, 0.717) is 17.4 Å². The standard InChI is InChI=1S/C11H14BrN3O3/c1-2-9(6-13)14-11(16)7-3-8(12)5-10(4-7)15(17)18/h3-5,9H,2,6,13H2,1H3,(H,14,16). The molecule has 98 valence electrons. The second kappa shape index (κ2) is 6.46. The van der Waals surface area contributed by atoms with E-state index < -0.39 is 4.92 Å². The Labute approximate surface area is 113 Å². The summed E-state index contributed by atoms with van der Waals surface area (Å²) in [6, 6.07) is 3.99. The van der Waals surface area contributed by atoms with Crippen LogP contribution in [0.4, 0.5) is 5.69 Å². The van der Waals surface area contributed by atoms with Gasteiger partial charge in [-0.3, -0.25) is 14.9 Å². The molecule has 1 atom stereocenters. The molecule has 1 aromatic carbocycles. The molecule has 1 amide bonds. The average molecular weight is 316 g/mol. The van der Waals surface area contributed by atoms with Crippen molar-refractivity contribution in [3.63, 3.8) is 0 Å². The van der Waals surface area contributed by atoms with Crippen LogP contribution in [0, 0.1) is 10.1 Å². The summed E-state index contributed by atoms with van der Waals surface area (Å²) < 4.78 is 0.489. The molecule has 3 N–H and O–H groups in total. The van der Waals surface area contributed by atoms with E-state index in [1.165, 1.54) is 18.2 Å². The minimum Gasteiger partial charge on any atom is -0.348 e. The van der Waals surface area contributed by atoms with Crippen LogP contribution in [0.2, 0.25) is 0 Å². The summed E-state index contributed by atoms with van der Waals surface area (Å²) in [5.74, 6) is -0.364. The van der Waals surface area contributed by atoms with Crippen LogP contribution in [0.5, 0.6) is 0 Å². The Balaban J connectivity index is 2.95. The highest BCUT2D eigenvalue weighted by Crippen LogP contribution is 2.21. The van der Waals surface area contributed by atoms with E-state index in [2.05, 4.69) is 21.2 Å². The predicted octanol–water partition coefficient (Wildman–Crippen LogP) is 1.82. The third-order valence-corrected chi connectivity index (χ3v) is 2.93. The minimum atomic E-state index is -0.540. The van der Waals surface area contributed by atoms with Gasteiger partial charge in [-0.2, -0.15) is 0 Å². The number of hydrogen-bond acceptors (Lipinski definition) is 4. The second-order valence-electron chi connectivity index (χ2n) is 3.77. The van der Waals surface area contributed by atoms with Crippen LogP contribution in [0.25, 0.3) is 0 Å². The van der Waals surface area contributed by atoms with Crippen molar-refractivity contribution in [1.82, 2.24) is 5.32 Å². The number of halogens is 1. The van der Waals surface area contributed by atoms with Crippen LogP contribution in [0.3, 0.4) is 0 Å². The van der Waals surface area contributed by atoms with Crippen LogP contribution >= 0.6 is 15.9 Å². The van der Waals surface area contributed by atoms with Crippen molar-refractivity contribution in [1.29, 1.82) is 0 Å². The third kappa shape index (κ3) is 3.78. The number of nitro benzene ring substituents is 1. The van der Waals surface area contributed by atoms with Gasteiger partial charge in [-0.15, -0.1) is 0 Å². The lowest BCUT2D eigenvalue weighted by molar-refractivity contribution is -0.385. The van der Waals surface area contributed by atoms with Crippen LogP contribution in [0.1, 0.15) is 23.7 Å². The number of rotatable bonds is 5. The van der Waals surface area contributed by atoms with Crippen molar-refractivity contribution < 1.29 is 9.72 Å². The van der Waals surface area contributed by atoms with E-state index in [9.17, 15) is 14.9 Å². The Kier molecular flexibility index (Phi) is 5.24. The SMILES string of the molecule is CCC(CN)NC(=O)c1cc(Br)cc([N+](=O)[O-])c1. The molecular formula is C11H14BrN3O3. The number of non-ortho nitro benzene ring substituents is 1. The lowest BCUT2D eigenvalue weighted by Crippen LogP contribution is -2.39. The molecule has 0 radical (unpaired) electrons. The maximum Gasteiger partial charge on any atom is 0.271 e. The van der Waals surface area contributed by atoms with E-state index >= 15 is 0 Å². The van der Waals surface area contributed by atoms with Gasteiger partial charge in [0.25, 0.3) is 11.6 Å². The van der Waals surface area contributed by atoms with E-state index in [4.69, 9.17) is 5.73 Å². The lowest BCUT2D eigenvalue weighted by Gasteiger charge is -2.14. The van der Waals surface area contributed by atoms with E-state index in [1.807, 2.05) is 6.92 Å². The number of nitrogens with one attached hydrogen (secondary N) is 1. The molecule has 1 aromatic rings. The molecular weight excluding hydrogens is 302 g/mol. The molecule has 18 heavy (non-hydrogen) atoms. The van der Waals surface area contributed by atoms with Gasteiger partial charge in [0.2, 0.25) is 0 Å². The van der Waals surface area contributed by atoms with Crippen molar-refractivity contribution in [2.75, 3.05) is 6.54 Å². The highest BCUT2D eigenvalue weighted by Gasteiger charge is 2.15. The first-order valence-corrected chi connectivity index (χ1v) is 6.23. The normalized spacial score (nSPS) is 11.9. The van der Waals surface area contributed by atoms with Crippen molar-refractivity contribution in [2.45, 2.75) is 19.4 Å². The summed E-state index contributed by atoms with van der Waals surface area (Å²) >= 11 is 3.14. The number of nitrogens with two attached hydrogens (primary N) is 1. The zero-order valence-corrected chi connectivity index (χ0v) is 11.4. The van der Waals surface area contributed by atoms with Crippen LogP contribution in [-0.4, -0.2) is 23.4 Å². The van der Waals surface area contributed by atoms with Gasteiger partial charge in [-0.1, -0.05) is 22.9 Å². The number of carbonyl (C=O) groups excluding carboxylic acids is 1. The van der Waals surface area contributed by atoms with Gasteiger partial charge in [-0.25, -0.2) is 0 Å². The monoisotopic (exact) mass is 315 g/mol. The van der Waals surface area contributed by atoms with E-state index in [1.54, 1.807) is 0 Å². The molecule has 0 aliphatic rings. The van der Waals surface area contributed by atoms with Crippen molar-refractivity contribution in [2.24, 2.45) is 5.73 Å². The molecule has 0 aliphatic heterocycles. The molecule has 1 unspecified atom stereocenters. The number of hydrogen-bond donors (Lipinski definition) is 2. The smallest absolute Gasteiger partial charge is 0.271 e. The Bertz CT molecular complexity index is 461. The van der Waals surface area contributed by atoms with Gasteiger partial charge in [0.15, 0.2) is 0 Å². The second-order valence-corrected chi connectivity index (χ2v) is 4.69. The number of amides is 1. The number of nitro groups is 1. The molecule has 0 spiro atoms. The summed E-state index contributed by atoms with van der Waals surface area (Å²) in [5.41, 5.74) is 5.60. The third-order valence-electron chi connectivity index (χ3n) is 2.47. The van der Waals surface area contributed by atoms with Crippen LogP contribution < -0.4 is 11.1 Å². The Hall–Kier alpha value is -1.47. The summed E-state index contributed by atoms with van der Waals surface area (Å²) in [6.45, 7) is 2.24. The quantitative estimate of drug-likeness (QED) is 0.639. The van der Waals surface area contributed by atoms with Crippen molar-refractivity contribution in [3.05, 3.63) is 38.3 Å². The van der Waals surface area contributed by atoms with Gasteiger partial charge in [0.1, 0.15) is 0 Å². The van der Waals surface area contributed by atoms with Crippen LogP contribution in [-0.2, 0) is 0 Å². The lowest BCUT2D eigenvalue weighted by atomic mass is 10.1. The minimum absolute atomic E-state index is 0.129. The maximum atomic E-state index is 11.9. The zero-order valence-electron chi connectivity index (χ0n) is 9.85. The van der Waals surface area contributed by atoms with Gasteiger partial charge in [0.05, 0.1) is 4.92 Å². The van der Waals surface area contributed by atoms with Crippen molar-refractivity contribution >= 4 is 27.5 Å². The molecule has 6 nitrogen and oxygen atoms in total. The number of nitrogens with zero attached hydrogens (tertiary/aromatic N) is 1. The molecule has 7 heteroatoms. The molecule has 1 rings (SSSR count). The van der Waals surface area contributed by atoms with Gasteiger partial charge < -0.3 is 11.1 Å². The summed E-state index contributed by atoms with van der Waals surface area (Å²) in [6.07, 6.45) is 0.707. The molecule has 0 aromatic heterocycles. The maximum absolute atomic E-state index is 11.9. The fraction of sp³-hybridized carbons (Fsp3) is 0.364. The molecule has 0 heterocycles. The molecule has 0 bridgehead atoms. The number of benzene rings is 1. The first kappa shape index (κ1) is 14.6. The highest BCUT2D eigenvalue weighted by atomic mass is 79.9. The molecule has 0 fully saturated rings. The first-order chi connectivity index (χ1) is 8.47. The fourth-order valence-corrected chi connectivity index (χ4v) is 1.89. The first-order valence-electron chi connectivity index (χ1n) is 5.43. The Morgan fingerprint density at radius 2 is 2.22 bits per heavy atom. The highest BCUT2D eigenvalue weighted by molar-refractivity contribution is 9.10. The molecule has 0 saturated carbocycles. The number of carbonyl (C=O) groups is 1. The topological polar surface area (TPSA) is 98.3 Å². The van der Waals surface area contributed by atoms with Crippen LogP contribution in [0.15, 0.2) is 22.7 Å². The largest absolute Gasteiger partial charge is 0.348 e. The Morgan fingerprint density at radius 3 is 2.72 bits per heavy atom. The molecule has 0 saturated heterocycles. The fourth-order valence-electron chi connectivity index (χ4n) is 1.41.